The average Bonchev–Trinajstić information content (AvgIpc) is 3.22. The molecule has 378 valence electrons. The molecule has 25 heteroatoms. The Hall–Kier alpha value is -4.16. The van der Waals surface area contributed by atoms with Crippen molar-refractivity contribution >= 4 is 56.1 Å². The quantitative estimate of drug-likeness (QED) is 0.0175. The number of rotatable bonds is 29. The van der Waals surface area contributed by atoms with Crippen LogP contribution in [0.15, 0.2) is 27.4 Å². The molecule has 0 spiro atoms. The lowest BCUT2D eigenvalue weighted by molar-refractivity contribution is -0.173. The Bertz CT molecular complexity index is 2040. The zero-order valence-corrected chi connectivity index (χ0v) is 40.4. The Morgan fingerprint density at radius 3 is 1.75 bits per heavy atom. The highest BCUT2D eigenvalue weighted by Crippen LogP contribution is 2.51. The Kier molecular flexibility index (Phi) is 24.4. The molecule has 2 aromatic rings. The molecule has 0 aliphatic heterocycles. The molecule has 1 aromatic heterocycles. The number of benzene rings is 1. The summed E-state index contributed by atoms with van der Waals surface area (Å²) in [6, 6.07) is 5.71. The van der Waals surface area contributed by atoms with Crippen molar-refractivity contribution in [2.75, 3.05) is 46.1 Å². The average molecular weight is 1000 g/mol. The van der Waals surface area contributed by atoms with Gasteiger partial charge in [0.2, 0.25) is 0 Å². The third-order valence-electron chi connectivity index (χ3n) is 9.14. The van der Waals surface area contributed by atoms with Crippen molar-refractivity contribution in [3.8, 4) is 11.8 Å². The number of hydrogen-bond acceptors (Lipinski definition) is 14. The Morgan fingerprint density at radius 1 is 0.746 bits per heavy atom. The molecule has 0 aliphatic carbocycles. The lowest BCUT2D eigenvalue weighted by atomic mass is 9.97. The zero-order chi connectivity index (χ0) is 50.6. The van der Waals surface area contributed by atoms with Gasteiger partial charge in [-0.3, -0.25) is 23.7 Å². The molecule has 0 aliphatic rings. The van der Waals surface area contributed by atoms with E-state index in [1.165, 1.54) is 20.8 Å². The first-order chi connectivity index (χ1) is 31.2. The monoisotopic (exact) mass is 1000 g/mol. The molecular weight excluding hydrogens is 942 g/mol. The van der Waals surface area contributed by atoms with Crippen LogP contribution in [0.3, 0.4) is 0 Å². The second-order valence-corrected chi connectivity index (χ2v) is 20.0. The number of nitrogens with one attached hydrogen (secondary N) is 3. The number of hydrogen-bond donors (Lipinski definition) is 3. The van der Waals surface area contributed by atoms with Crippen LogP contribution in [0.25, 0.3) is 11.0 Å². The second kappa shape index (κ2) is 27.7. The van der Waals surface area contributed by atoms with Crippen molar-refractivity contribution < 1.29 is 77.3 Å². The van der Waals surface area contributed by atoms with Crippen molar-refractivity contribution in [3.63, 3.8) is 0 Å². The summed E-state index contributed by atoms with van der Waals surface area (Å²) in [5, 5.41) is 14.6. The minimum atomic E-state index is -5.12. The molecule has 1 heterocycles. The molecule has 0 saturated carbocycles. The van der Waals surface area contributed by atoms with Crippen molar-refractivity contribution in [1.82, 2.24) is 20.6 Å². The van der Waals surface area contributed by atoms with Crippen LogP contribution in [0.4, 0.5) is 26.3 Å². The summed E-state index contributed by atoms with van der Waals surface area (Å²) in [6.07, 6.45) is -7.65. The number of unbranched alkanes of at least 4 members (excludes halogenated alkanes) is 5. The number of nitrogens with zero attached hydrogens (tertiary/aromatic N) is 2. The van der Waals surface area contributed by atoms with Gasteiger partial charge in [0.15, 0.2) is 0 Å². The normalized spacial score (nSPS) is 12.9. The minimum absolute atomic E-state index is 0.00229. The maximum atomic E-state index is 14.7. The number of halogens is 6. The van der Waals surface area contributed by atoms with Crippen molar-refractivity contribution in [2.24, 2.45) is 5.41 Å². The molecule has 3 amide bonds. The van der Waals surface area contributed by atoms with Crippen LogP contribution in [-0.4, -0.2) is 98.9 Å². The number of ether oxygens (including phenoxy) is 1. The van der Waals surface area contributed by atoms with E-state index in [9.17, 15) is 54.9 Å². The lowest BCUT2D eigenvalue weighted by Gasteiger charge is -2.35. The largest absolute Gasteiger partial charge is 0.471 e. The van der Waals surface area contributed by atoms with E-state index in [-0.39, 0.29) is 68.3 Å². The molecule has 67 heavy (non-hydrogen) atoms. The highest BCUT2D eigenvalue weighted by molar-refractivity contribution is 7.62. The van der Waals surface area contributed by atoms with Gasteiger partial charge in [0.05, 0.1) is 44.3 Å². The molecule has 0 saturated heterocycles. The van der Waals surface area contributed by atoms with Gasteiger partial charge in [-0.2, -0.15) is 31.6 Å². The summed E-state index contributed by atoms with van der Waals surface area (Å²) in [6.45, 7) is 11.8. The lowest BCUT2D eigenvalue weighted by Crippen LogP contribution is -2.37. The smallest absolute Gasteiger partial charge is 0.425 e. The van der Waals surface area contributed by atoms with Gasteiger partial charge < -0.3 is 43.2 Å². The van der Waals surface area contributed by atoms with Crippen LogP contribution in [0.2, 0.25) is 0 Å². The van der Waals surface area contributed by atoms with E-state index in [1.807, 2.05) is 27.7 Å². The van der Waals surface area contributed by atoms with Gasteiger partial charge in [0.1, 0.15) is 22.2 Å². The molecule has 17 nitrogen and oxygen atoms in total. The van der Waals surface area contributed by atoms with Crippen LogP contribution in [-0.2, 0) is 37.0 Å². The van der Waals surface area contributed by atoms with E-state index < -0.39 is 106 Å². The van der Waals surface area contributed by atoms with E-state index >= 15 is 0 Å². The Labute approximate surface area is 386 Å². The predicted octanol–water partition coefficient (Wildman–Crippen LogP) is 8.10. The maximum absolute atomic E-state index is 14.7. The summed E-state index contributed by atoms with van der Waals surface area (Å²) in [5.74, 6) is -6.42. The van der Waals surface area contributed by atoms with E-state index in [2.05, 4.69) is 16.1 Å². The zero-order valence-electron chi connectivity index (χ0n) is 38.7. The van der Waals surface area contributed by atoms with Gasteiger partial charge in [0.25, 0.3) is 14.4 Å². The Balaban J connectivity index is 2.30. The number of esters is 1. The summed E-state index contributed by atoms with van der Waals surface area (Å²) < 4.78 is 127. The molecule has 0 bridgehead atoms. The van der Waals surface area contributed by atoms with Crippen LogP contribution in [0.1, 0.15) is 117 Å². The standard InChI is InChI=1S/C42H61F6N5O12P2/c1-28(2)53(29(3)4)66(61-22-16-17-49)60-21-13-9-8-10-18-50-35(54)31-25-30-26-34(33(27-32(30)64-36(31)55)65-39(58)40(5,6)7)67(59,62-23-14-11-19-51-37(56)41(43,44)45)63-24-15-12-20-52-38(57)42(46,47)48/h25-29H,8-16,18-24H2,1-7H3,(H,50,54)(H,51,56)(H,52,57). The first-order valence-electron chi connectivity index (χ1n) is 21.7. The third-order valence-corrected chi connectivity index (χ3v) is 13.2. The maximum Gasteiger partial charge on any atom is 0.471 e. The fourth-order valence-electron chi connectivity index (χ4n) is 5.78. The molecule has 3 N–H and O–H groups in total. The topological polar surface area (TPSA) is 225 Å². The first kappa shape index (κ1) is 59.0. The number of carbonyl (C=O) groups is 4. The van der Waals surface area contributed by atoms with Crippen LogP contribution in [0, 0.1) is 16.7 Å². The highest BCUT2D eigenvalue weighted by Gasteiger charge is 2.39. The van der Waals surface area contributed by atoms with Gasteiger partial charge in [0, 0.05) is 43.2 Å². The number of amides is 3. The SMILES string of the molecule is CC(C)N(C(C)C)P(OCCC#N)OCCCCCCNC(=O)c1cc2cc(P(=O)(OCCCCNC(=O)C(F)(F)F)OCCCCNC(=O)C(F)(F)F)c(OC(=O)C(C)(C)C)cc2oc1=O. The summed E-state index contributed by atoms with van der Waals surface area (Å²) in [5.41, 5.74) is -2.84. The number of alkyl halides is 6. The Morgan fingerprint density at radius 2 is 1.24 bits per heavy atom. The van der Waals surface area contributed by atoms with Gasteiger partial charge in [-0.15, -0.1) is 0 Å². The van der Waals surface area contributed by atoms with E-state index in [0.29, 0.717) is 25.9 Å². The molecule has 1 unspecified atom stereocenters. The molecule has 2 rings (SSSR count). The fraction of sp³-hybridized carbons (Fsp3) is 0.667. The van der Waals surface area contributed by atoms with Gasteiger partial charge in [-0.05, 0) is 99.1 Å². The van der Waals surface area contributed by atoms with E-state index in [4.69, 9.17) is 32.5 Å². The second-order valence-electron chi connectivity index (χ2n) is 16.6. The summed E-state index contributed by atoms with van der Waals surface area (Å²) >= 11 is 0. The predicted molar refractivity (Wildman–Crippen MR) is 235 cm³/mol. The first-order valence-corrected chi connectivity index (χ1v) is 24.3. The van der Waals surface area contributed by atoms with Crippen LogP contribution >= 0.6 is 16.1 Å². The fourth-order valence-corrected chi connectivity index (χ4v) is 9.18. The number of fused-ring (bicyclic) bond motifs is 1. The summed E-state index contributed by atoms with van der Waals surface area (Å²) in [4.78, 5) is 61.9. The van der Waals surface area contributed by atoms with E-state index in [0.717, 1.165) is 24.6 Å². The summed E-state index contributed by atoms with van der Waals surface area (Å²) in [7, 11) is -6.06. The van der Waals surface area contributed by atoms with E-state index in [1.54, 1.807) is 10.6 Å². The molecule has 0 radical (unpaired) electrons. The molecular formula is C42H61F6N5O12P2. The van der Waals surface area contributed by atoms with Crippen LogP contribution < -0.4 is 31.6 Å². The highest BCUT2D eigenvalue weighted by atomic mass is 31.2. The third kappa shape index (κ3) is 20.5. The van der Waals surface area contributed by atoms with Crippen LogP contribution in [0.5, 0.6) is 5.75 Å². The number of carbonyl (C=O) groups excluding carboxylic acids is 4. The van der Waals surface area contributed by atoms with Crippen molar-refractivity contribution in [2.45, 2.75) is 131 Å². The van der Waals surface area contributed by atoms with Gasteiger partial charge >= 0.3 is 43.4 Å². The van der Waals surface area contributed by atoms with Crippen molar-refractivity contribution in [1.29, 1.82) is 5.26 Å². The van der Waals surface area contributed by atoms with Crippen molar-refractivity contribution in [3.05, 3.63) is 34.2 Å². The van der Waals surface area contributed by atoms with Gasteiger partial charge in [-0.1, -0.05) is 12.8 Å². The molecule has 0 fully saturated rings. The number of nitriles is 1. The molecule has 1 atom stereocenters. The minimum Gasteiger partial charge on any atom is -0.425 e. The van der Waals surface area contributed by atoms with Gasteiger partial charge in [-0.25, -0.2) is 9.46 Å². The molecule has 1 aromatic carbocycles.